The Morgan fingerprint density at radius 2 is 1.50 bits per heavy atom. The number of hydrogen-bond donors (Lipinski definition) is 1. The highest BCUT2D eigenvalue weighted by atomic mass is 16.5. The second kappa shape index (κ2) is 10.7. The minimum absolute atomic E-state index is 0.00561. The number of nitrogens with zero attached hydrogens (tertiary/aromatic N) is 2. The summed E-state index contributed by atoms with van der Waals surface area (Å²) in [5.74, 6) is 0.240. The van der Waals surface area contributed by atoms with Crippen LogP contribution in [0.4, 0.5) is 0 Å². The molecule has 2 aliphatic rings. The van der Waals surface area contributed by atoms with Crippen LogP contribution in [0.2, 0.25) is 0 Å². The number of rotatable bonds is 6. The van der Waals surface area contributed by atoms with E-state index >= 15 is 0 Å². The Balaban J connectivity index is 1.48. The van der Waals surface area contributed by atoms with Crippen molar-refractivity contribution in [3.63, 3.8) is 0 Å². The van der Waals surface area contributed by atoms with Crippen molar-refractivity contribution in [1.82, 2.24) is 15.1 Å². The zero-order valence-electron chi connectivity index (χ0n) is 20.0. The standard InChI is InChI=1S/C27H33N3O4/c1-19-9-3-4-10-21(19)25(31)28-24(27(33)29-15-7-8-16-29)20-13-17-30(18-14-20)26(32)22-11-5-6-12-23(22)34-2/h3-6,9-12,20,24H,7-8,13-18H2,1-2H3,(H,28,31). The van der Waals surface area contributed by atoms with Gasteiger partial charge in [0, 0.05) is 31.7 Å². The Bertz CT molecular complexity index is 1040. The zero-order valence-corrected chi connectivity index (χ0v) is 20.0. The minimum atomic E-state index is -0.589. The van der Waals surface area contributed by atoms with Crippen LogP contribution in [-0.4, -0.2) is 66.9 Å². The number of carbonyl (C=O) groups excluding carboxylic acids is 3. The highest BCUT2D eigenvalue weighted by molar-refractivity contribution is 5.99. The lowest BCUT2D eigenvalue weighted by molar-refractivity contribution is -0.134. The number of hydrogen-bond acceptors (Lipinski definition) is 4. The van der Waals surface area contributed by atoms with Crippen molar-refractivity contribution in [3.8, 4) is 5.75 Å². The smallest absolute Gasteiger partial charge is 0.257 e. The highest BCUT2D eigenvalue weighted by Crippen LogP contribution is 2.27. The second-order valence-electron chi connectivity index (χ2n) is 9.13. The molecule has 7 nitrogen and oxygen atoms in total. The quantitative estimate of drug-likeness (QED) is 0.713. The van der Waals surface area contributed by atoms with Gasteiger partial charge in [0.1, 0.15) is 11.8 Å². The third kappa shape index (κ3) is 5.08. The molecule has 2 aromatic rings. The molecule has 3 amide bonds. The summed E-state index contributed by atoms with van der Waals surface area (Å²) >= 11 is 0. The second-order valence-corrected chi connectivity index (χ2v) is 9.13. The van der Waals surface area contributed by atoms with Crippen LogP contribution in [0.1, 0.15) is 52.0 Å². The fourth-order valence-electron chi connectivity index (χ4n) is 4.99. The first kappa shape index (κ1) is 23.8. The Labute approximate surface area is 201 Å². The number of aryl methyl sites for hydroxylation is 1. The summed E-state index contributed by atoms with van der Waals surface area (Å²) in [4.78, 5) is 43.3. The number of carbonyl (C=O) groups is 3. The van der Waals surface area contributed by atoms with E-state index < -0.39 is 6.04 Å². The molecule has 0 radical (unpaired) electrons. The molecule has 1 unspecified atom stereocenters. The molecule has 0 aliphatic carbocycles. The molecule has 2 fully saturated rings. The molecule has 4 rings (SSSR count). The first-order chi connectivity index (χ1) is 16.5. The maximum absolute atomic E-state index is 13.4. The molecular weight excluding hydrogens is 430 g/mol. The van der Waals surface area contributed by atoms with E-state index in [9.17, 15) is 14.4 Å². The Kier molecular flexibility index (Phi) is 7.50. The third-order valence-corrected chi connectivity index (χ3v) is 7.00. The summed E-state index contributed by atoms with van der Waals surface area (Å²) in [7, 11) is 1.56. The van der Waals surface area contributed by atoms with E-state index in [0.717, 1.165) is 31.5 Å². The van der Waals surface area contributed by atoms with Gasteiger partial charge in [-0.3, -0.25) is 14.4 Å². The molecule has 1 N–H and O–H groups in total. The molecule has 0 spiro atoms. The summed E-state index contributed by atoms with van der Waals surface area (Å²) in [6.07, 6.45) is 3.30. The van der Waals surface area contributed by atoms with Gasteiger partial charge in [-0.15, -0.1) is 0 Å². The molecular formula is C27H33N3O4. The summed E-state index contributed by atoms with van der Waals surface area (Å²) in [5, 5.41) is 3.06. The molecule has 34 heavy (non-hydrogen) atoms. The van der Waals surface area contributed by atoms with Crippen molar-refractivity contribution in [2.75, 3.05) is 33.3 Å². The normalized spacial score (nSPS) is 17.4. The SMILES string of the molecule is COc1ccccc1C(=O)N1CCC(C(NC(=O)c2ccccc2C)C(=O)N2CCCC2)CC1. The molecule has 7 heteroatoms. The molecule has 2 heterocycles. The number of para-hydroxylation sites is 1. The number of piperidine rings is 1. The monoisotopic (exact) mass is 463 g/mol. The first-order valence-corrected chi connectivity index (χ1v) is 12.1. The maximum atomic E-state index is 13.4. The Morgan fingerprint density at radius 1 is 0.882 bits per heavy atom. The van der Waals surface area contributed by atoms with Crippen LogP contribution < -0.4 is 10.1 Å². The van der Waals surface area contributed by atoms with Gasteiger partial charge < -0.3 is 19.9 Å². The lowest BCUT2D eigenvalue weighted by Crippen LogP contribution is -2.54. The lowest BCUT2D eigenvalue weighted by Gasteiger charge is -2.37. The third-order valence-electron chi connectivity index (χ3n) is 7.00. The fourth-order valence-corrected chi connectivity index (χ4v) is 4.99. The fraction of sp³-hybridized carbons (Fsp3) is 0.444. The van der Waals surface area contributed by atoms with Crippen molar-refractivity contribution in [2.45, 2.75) is 38.6 Å². The predicted molar refractivity (Wildman–Crippen MR) is 130 cm³/mol. The van der Waals surface area contributed by atoms with Crippen LogP contribution in [0.15, 0.2) is 48.5 Å². The van der Waals surface area contributed by atoms with E-state index in [-0.39, 0.29) is 23.6 Å². The predicted octanol–water partition coefficient (Wildman–Crippen LogP) is 3.28. The largest absolute Gasteiger partial charge is 0.496 e. The highest BCUT2D eigenvalue weighted by Gasteiger charge is 2.37. The molecule has 0 saturated carbocycles. The van der Waals surface area contributed by atoms with E-state index in [0.29, 0.717) is 42.8 Å². The topological polar surface area (TPSA) is 79.0 Å². The molecule has 2 aromatic carbocycles. The number of benzene rings is 2. The number of ether oxygens (including phenoxy) is 1. The van der Waals surface area contributed by atoms with Gasteiger partial charge in [0.15, 0.2) is 0 Å². The lowest BCUT2D eigenvalue weighted by atomic mass is 9.87. The van der Waals surface area contributed by atoms with Gasteiger partial charge in [-0.2, -0.15) is 0 Å². The van der Waals surface area contributed by atoms with E-state index in [1.54, 1.807) is 25.3 Å². The van der Waals surface area contributed by atoms with Crippen molar-refractivity contribution in [1.29, 1.82) is 0 Å². The average Bonchev–Trinajstić information content (AvgIpc) is 3.42. The molecule has 0 bridgehead atoms. The average molecular weight is 464 g/mol. The van der Waals surface area contributed by atoms with E-state index in [1.807, 2.05) is 47.1 Å². The van der Waals surface area contributed by atoms with Crippen LogP contribution in [0.25, 0.3) is 0 Å². The van der Waals surface area contributed by atoms with Gasteiger partial charge >= 0.3 is 0 Å². The Morgan fingerprint density at radius 3 is 2.15 bits per heavy atom. The van der Waals surface area contributed by atoms with Crippen LogP contribution in [-0.2, 0) is 4.79 Å². The number of amides is 3. The summed E-state index contributed by atoms with van der Waals surface area (Å²) in [6.45, 7) is 4.44. The van der Waals surface area contributed by atoms with Gasteiger partial charge in [-0.05, 0) is 62.3 Å². The van der Waals surface area contributed by atoms with Gasteiger partial charge in [0.25, 0.3) is 11.8 Å². The van der Waals surface area contributed by atoms with Gasteiger partial charge in [0.05, 0.1) is 12.7 Å². The Hall–Kier alpha value is -3.35. The summed E-state index contributed by atoms with van der Waals surface area (Å²) in [6, 6.07) is 14.1. The molecule has 2 saturated heterocycles. The first-order valence-electron chi connectivity index (χ1n) is 12.1. The van der Waals surface area contributed by atoms with E-state index in [4.69, 9.17) is 4.74 Å². The van der Waals surface area contributed by atoms with Crippen molar-refractivity contribution in [2.24, 2.45) is 5.92 Å². The van der Waals surface area contributed by atoms with E-state index in [2.05, 4.69) is 5.32 Å². The maximum Gasteiger partial charge on any atom is 0.257 e. The summed E-state index contributed by atoms with van der Waals surface area (Å²) in [5.41, 5.74) is 2.01. The summed E-state index contributed by atoms with van der Waals surface area (Å²) < 4.78 is 5.36. The molecule has 1 atom stereocenters. The van der Waals surface area contributed by atoms with Gasteiger partial charge in [0.2, 0.25) is 5.91 Å². The van der Waals surface area contributed by atoms with Crippen LogP contribution in [0, 0.1) is 12.8 Å². The van der Waals surface area contributed by atoms with Gasteiger partial charge in [-0.1, -0.05) is 30.3 Å². The molecule has 2 aliphatic heterocycles. The number of nitrogens with one attached hydrogen (secondary N) is 1. The van der Waals surface area contributed by atoms with Crippen LogP contribution >= 0.6 is 0 Å². The van der Waals surface area contributed by atoms with Gasteiger partial charge in [-0.25, -0.2) is 0 Å². The molecule has 180 valence electrons. The van der Waals surface area contributed by atoms with Crippen molar-refractivity contribution < 1.29 is 19.1 Å². The van der Waals surface area contributed by atoms with Crippen molar-refractivity contribution >= 4 is 17.7 Å². The van der Waals surface area contributed by atoms with Crippen molar-refractivity contribution in [3.05, 3.63) is 65.2 Å². The number of likely N-dealkylation sites (tertiary alicyclic amines) is 2. The number of methoxy groups -OCH3 is 1. The van der Waals surface area contributed by atoms with Crippen LogP contribution in [0.3, 0.4) is 0 Å². The minimum Gasteiger partial charge on any atom is -0.496 e. The molecule has 0 aromatic heterocycles. The van der Waals surface area contributed by atoms with E-state index in [1.165, 1.54) is 0 Å². The van der Waals surface area contributed by atoms with Crippen LogP contribution in [0.5, 0.6) is 5.75 Å². The zero-order chi connectivity index (χ0) is 24.1.